The third-order valence-corrected chi connectivity index (χ3v) is 4.18. The predicted octanol–water partition coefficient (Wildman–Crippen LogP) is 4.29. The lowest BCUT2D eigenvalue weighted by atomic mass is 10.2. The van der Waals surface area contributed by atoms with E-state index in [2.05, 4.69) is 31.9 Å². The first kappa shape index (κ1) is 16.5. The summed E-state index contributed by atoms with van der Waals surface area (Å²) in [6.45, 7) is 3.75. The van der Waals surface area contributed by atoms with Gasteiger partial charge in [-0.2, -0.15) is 0 Å². The maximum atomic E-state index is 12.2. The minimum atomic E-state index is -0.310. The molecule has 2 rings (SSSR count). The third kappa shape index (κ3) is 4.57. The van der Waals surface area contributed by atoms with Crippen LogP contribution >= 0.6 is 27.3 Å². The molecule has 5 nitrogen and oxygen atoms in total. The van der Waals surface area contributed by atoms with Crippen LogP contribution < -0.4 is 16.0 Å². The lowest BCUT2D eigenvalue weighted by Crippen LogP contribution is -2.34. The van der Waals surface area contributed by atoms with Crippen molar-refractivity contribution >= 4 is 50.6 Å². The molecule has 3 amide bonds. The Morgan fingerprint density at radius 1 is 1.14 bits per heavy atom. The first-order valence-corrected chi connectivity index (χ1v) is 8.35. The summed E-state index contributed by atoms with van der Waals surface area (Å²) in [6.07, 6.45) is 0. The second-order valence-electron chi connectivity index (χ2n) is 4.89. The zero-order valence-electron chi connectivity index (χ0n) is 12.1. The number of para-hydroxylation sites is 2. The van der Waals surface area contributed by atoms with Gasteiger partial charge < -0.3 is 16.0 Å². The normalized spacial score (nSPS) is 10.4. The largest absolute Gasteiger partial charge is 0.336 e. The van der Waals surface area contributed by atoms with Gasteiger partial charge in [-0.05, 0) is 48.0 Å². The molecule has 0 atom stereocenters. The van der Waals surface area contributed by atoms with Gasteiger partial charge in [-0.1, -0.05) is 12.1 Å². The molecule has 0 aliphatic carbocycles. The average molecular weight is 382 g/mol. The average Bonchev–Trinajstić information content (AvgIpc) is 2.87. The van der Waals surface area contributed by atoms with Crippen molar-refractivity contribution in [2.24, 2.45) is 0 Å². The van der Waals surface area contributed by atoms with Crippen LogP contribution in [0.4, 0.5) is 16.2 Å². The molecule has 0 radical (unpaired) electrons. The summed E-state index contributed by atoms with van der Waals surface area (Å²) in [5.74, 6) is -0.222. The number of anilines is 2. The maximum Gasteiger partial charge on any atom is 0.319 e. The van der Waals surface area contributed by atoms with Gasteiger partial charge in [0.25, 0.3) is 5.91 Å². The second kappa shape index (κ2) is 7.42. The van der Waals surface area contributed by atoms with Crippen molar-refractivity contribution in [3.8, 4) is 0 Å². The first-order valence-electron chi connectivity index (χ1n) is 6.67. The van der Waals surface area contributed by atoms with Crippen molar-refractivity contribution < 1.29 is 9.59 Å². The van der Waals surface area contributed by atoms with E-state index in [1.807, 2.05) is 13.8 Å². The van der Waals surface area contributed by atoms with E-state index in [-0.39, 0.29) is 18.0 Å². The molecule has 116 valence electrons. The predicted molar refractivity (Wildman–Crippen MR) is 93.7 cm³/mol. The summed E-state index contributed by atoms with van der Waals surface area (Å²) in [5.41, 5.74) is 1.66. The van der Waals surface area contributed by atoms with Gasteiger partial charge in [0.1, 0.15) is 0 Å². The van der Waals surface area contributed by atoms with Crippen LogP contribution in [-0.4, -0.2) is 18.0 Å². The number of carbonyl (C=O) groups excluding carboxylic acids is 2. The Hall–Kier alpha value is -1.86. The summed E-state index contributed by atoms with van der Waals surface area (Å²) in [4.78, 5) is 24.0. The molecular formula is C15H16BrN3O2S. The number of benzene rings is 1. The minimum absolute atomic E-state index is 0.0323. The molecule has 0 aliphatic heterocycles. The smallest absolute Gasteiger partial charge is 0.319 e. The molecule has 2 aromatic rings. The van der Waals surface area contributed by atoms with Crippen LogP contribution in [0.3, 0.4) is 0 Å². The molecule has 1 aromatic carbocycles. The fraction of sp³-hybridized carbons (Fsp3) is 0.200. The molecule has 3 N–H and O–H groups in total. The van der Waals surface area contributed by atoms with Gasteiger partial charge in [-0.25, -0.2) is 4.79 Å². The van der Waals surface area contributed by atoms with E-state index >= 15 is 0 Å². The Kier molecular flexibility index (Phi) is 5.57. The Morgan fingerprint density at radius 2 is 1.77 bits per heavy atom. The number of amides is 3. The second-order valence-corrected chi connectivity index (χ2v) is 7.18. The van der Waals surface area contributed by atoms with Crippen molar-refractivity contribution in [1.82, 2.24) is 5.32 Å². The Morgan fingerprint density at radius 3 is 2.32 bits per heavy atom. The van der Waals surface area contributed by atoms with Crippen molar-refractivity contribution in [2.45, 2.75) is 19.9 Å². The number of urea groups is 1. The van der Waals surface area contributed by atoms with Crippen molar-refractivity contribution in [3.63, 3.8) is 0 Å². The number of carbonyl (C=O) groups is 2. The molecule has 0 saturated carbocycles. The molecule has 0 unspecified atom stereocenters. The van der Waals surface area contributed by atoms with Crippen LogP contribution in [0, 0.1) is 0 Å². The maximum absolute atomic E-state index is 12.2. The summed E-state index contributed by atoms with van der Waals surface area (Å²) in [5, 5.41) is 10.0. The van der Waals surface area contributed by atoms with Crippen LogP contribution in [0.25, 0.3) is 0 Å². The molecule has 0 spiro atoms. The van der Waals surface area contributed by atoms with Crippen molar-refractivity contribution in [2.75, 3.05) is 10.6 Å². The van der Waals surface area contributed by atoms with Crippen LogP contribution in [0.5, 0.6) is 0 Å². The van der Waals surface area contributed by atoms with Crippen molar-refractivity contribution in [1.29, 1.82) is 0 Å². The van der Waals surface area contributed by atoms with Gasteiger partial charge in [-0.3, -0.25) is 4.79 Å². The van der Waals surface area contributed by atoms with E-state index in [0.29, 0.717) is 16.9 Å². The Labute approximate surface area is 141 Å². The van der Waals surface area contributed by atoms with Crippen LogP contribution in [0.2, 0.25) is 0 Å². The van der Waals surface area contributed by atoms with Crippen LogP contribution in [0.1, 0.15) is 24.2 Å². The van der Waals surface area contributed by atoms with Crippen molar-refractivity contribution in [3.05, 3.63) is 45.1 Å². The van der Waals surface area contributed by atoms with Gasteiger partial charge in [0, 0.05) is 11.4 Å². The van der Waals surface area contributed by atoms with E-state index in [0.717, 1.165) is 3.79 Å². The van der Waals surface area contributed by atoms with Gasteiger partial charge in [-0.15, -0.1) is 11.3 Å². The number of rotatable bonds is 4. The van der Waals surface area contributed by atoms with E-state index in [1.54, 1.807) is 35.7 Å². The van der Waals surface area contributed by atoms with Crippen LogP contribution in [-0.2, 0) is 0 Å². The quantitative estimate of drug-likeness (QED) is 0.738. The summed E-state index contributed by atoms with van der Waals surface area (Å²) in [6, 6.07) is 8.54. The number of hydrogen-bond donors (Lipinski definition) is 3. The lowest BCUT2D eigenvalue weighted by molar-refractivity contribution is 0.102. The molecule has 0 fully saturated rings. The van der Waals surface area contributed by atoms with E-state index in [9.17, 15) is 9.59 Å². The Bertz CT molecular complexity index is 685. The highest BCUT2D eigenvalue weighted by Gasteiger charge is 2.12. The number of nitrogens with one attached hydrogen (secondary N) is 3. The van der Waals surface area contributed by atoms with Crippen LogP contribution in [0.15, 0.2) is 39.5 Å². The SMILES string of the molecule is CC(C)NC(=O)Nc1ccccc1NC(=O)c1csc(Br)c1. The summed E-state index contributed by atoms with van der Waals surface area (Å²) < 4.78 is 0.889. The number of hydrogen-bond acceptors (Lipinski definition) is 3. The fourth-order valence-corrected chi connectivity index (χ4v) is 2.88. The highest BCUT2D eigenvalue weighted by atomic mass is 79.9. The summed E-state index contributed by atoms with van der Waals surface area (Å²) in [7, 11) is 0. The summed E-state index contributed by atoms with van der Waals surface area (Å²) >= 11 is 4.77. The molecule has 0 saturated heterocycles. The molecule has 0 bridgehead atoms. The van der Waals surface area contributed by atoms with Gasteiger partial charge in [0.15, 0.2) is 0 Å². The Balaban J connectivity index is 2.11. The fourth-order valence-electron chi connectivity index (χ4n) is 1.75. The number of thiophene rings is 1. The molecule has 1 aromatic heterocycles. The highest BCUT2D eigenvalue weighted by Crippen LogP contribution is 2.24. The van der Waals surface area contributed by atoms with Gasteiger partial charge in [0.2, 0.25) is 0 Å². The van der Waals surface area contributed by atoms with Gasteiger partial charge in [0.05, 0.1) is 20.7 Å². The standard InChI is InChI=1S/C15H16BrN3O2S/c1-9(2)17-15(21)19-12-6-4-3-5-11(12)18-14(20)10-7-13(16)22-8-10/h3-9H,1-2H3,(H,18,20)(H2,17,19,21). The highest BCUT2D eigenvalue weighted by molar-refractivity contribution is 9.11. The minimum Gasteiger partial charge on any atom is -0.336 e. The first-order chi connectivity index (χ1) is 10.5. The number of halogens is 1. The van der Waals surface area contributed by atoms with Gasteiger partial charge >= 0.3 is 6.03 Å². The molecule has 7 heteroatoms. The third-order valence-electron chi connectivity index (χ3n) is 2.67. The van der Waals surface area contributed by atoms with E-state index in [1.165, 1.54) is 11.3 Å². The monoisotopic (exact) mass is 381 g/mol. The lowest BCUT2D eigenvalue weighted by Gasteiger charge is -2.14. The topological polar surface area (TPSA) is 70.2 Å². The molecule has 1 heterocycles. The van der Waals surface area contributed by atoms with E-state index in [4.69, 9.17) is 0 Å². The molecule has 0 aliphatic rings. The molecular weight excluding hydrogens is 366 g/mol. The zero-order valence-corrected chi connectivity index (χ0v) is 14.5. The molecule has 22 heavy (non-hydrogen) atoms. The zero-order chi connectivity index (χ0) is 16.1. The van der Waals surface area contributed by atoms with E-state index < -0.39 is 0 Å².